The van der Waals surface area contributed by atoms with Gasteiger partial charge in [0.25, 0.3) is 0 Å². The molecule has 0 unspecified atom stereocenters. The Morgan fingerprint density at radius 3 is 2.32 bits per heavy atom. The van der Waals surface area contributed by atoms with Gasteiger partial charge in [0.15, 0.2) is 0 Å². The molecule has 2 aliphatic rings. The number of amidine groups is 1. The van der Waals surface area contributed by atoms with E-state index in [9.17, 15) is 0 Å². The molecule has 0 amide bonds. The molecular weight excluding hydrogens is 240 g/mol. The number of rotatable bonds is 6. The van der Waals surface area contributed by atoms with Crippen LogP contribution in [0, 0.1) is 11.3 Å². The van der Waals surface area contributed by atoms with Crippen LogP contribution in [0.3, 0.4) is 0 Å². The number of nitrogens with zero attached hydrogens (tertiary/aromatic N) is 3. The van der Waals surface area contributed by atoms with E-state index in [1.54, 1.807) is 0 Å². The lowest BCUT2D eigenvalue weighted by Gasteiger charge is -2.36. The Morgan fingerprint density at radius 2 is 1.79 bits per heavy atom. The first-order valence-electron chi connectivity index (χ1n) is 7.44. The average Bonchev–Trinajstić information content (AvgIpc) is 3.21. The predicted octanol–water partition coefficient (Wildman–Crippen LogP) is 1.18. The van der Waals surface area contributed by atoms with E-state index in [-0.39, 0.29) is 5.41 Å². The number of hydrogen-bond acceptors (Lipinski definition) is 4. The molecule has 2 rings (SSSR count). The third-order valence-corrected chi connectivity index (χ3v) is 4.53. The minimum Gasteiger partial charge on any atom is -0.409 e. The summed E-state index contributed by atoms with van der Waals surface area (Å²) in [6.45, 7) is 11.1. The van der Waals surface area contributed by atoms with E-state index < -0.39 is 0 Å². The summed E-state index contributed by atoms with van der Waals surface area (Å²) < 4.78 is 0. The smallest absolute Gasteiger partial charge is 0.144 e. The van der Waals surface area contributed by atoms with E-state index in [4.69, 9.17) is 10.9 Å². The molecule has 0 aromatic carbocycles. The fourth-order valence-electron chi connectivity index (χ4n) is 2.56. The van der Waals surface area contributed by atoms with Crippen molar-refractivity contribution < 1.29 is 5.21 Å². The Morgan fingerprint density at radius 1 is 1.21 bits per heavy atom. The van der Waals surface area contributed by atoms with E-state index in [1.165, 1.54) is 32.5 Å². The van der Waals surface area contributed by atoms with Gasteiger partial charge in [0.1, 0.15) is 5.84 Å². The Hall–Kier alpha value is -0.810. The minimum atomic E-state index is -0.222. The monoisotopic (exact) mass is 268 g/mol. The van der Waals surface area contributed by atoms with Gasteiger partial charge < -0.3 is 20.7 Å². The van der Waals surface area contributed by atoms with Gasteiger partial charge in [-0.15, -0.1) is 0 Å². The van der Waals surface area contributed by atoms with Crippen LogP contribution in [0.25, 0.3) is 0 Å². The highest BCUT2D eigenvalue weighted by Gasteiger charge is 2.28. The molecule has 5 heteroatoms. The SMILES string of the molecule is CC(C)(CCN1CCN(CC2CC2)CC1)C(N)=NO. The van der Waals surface area contributed by atoms with E-state index >= 15 is 0 Å². The van der Waals surface area contributed by atoms with Gasteiger partial charge in [0, 0.05) is 38.1 Å². The van der Waals surface area contributed by atoms with Gasteiger partial charge in [-0.2, -0.15) is 0 Å². The van der Waals surface area contributed by atoms with Crippen LogP contribution in [-0.4, -0.2) is 60.1 Å². The minimum absolute atomic E-state index is 0.222. The van der Waals surface area contributed by atoms with Crippen molar-refractivity contribution in [2.24, 2.45) is 22.2 Å². The van der Waals surface area contributed by atoms with Crippen molar-refractivity contribution in [2.45, 2.75) is 33.1 Å². The first-order valence-corrected chi connectivity index (χ1v) is 7.44. The molecule has 2 fully saturated rings. The van der Waals surface area contributed by atoms with Crippen LogP contribution < -0.4 is 5.73 Å². The number of hydrogen-bond donors (Lipinski definition) is 2. The molecule has 19 heavy (non-hydrogen) atoms. The van der Waals surface area contributed by atoms with E-state index in [2.05, 4.69) is 15.0 Å². The summed E-state index contributed by atoms with van der Waals surface area (Å²) in [7, 11) is 0. The number of nitrogens with two attached hydrogens (primary N) is 1. The van der Waals surface area contributed by atoms with Gasteiger partial charge in [0.2, 0.25) is 0 Å². The molecule has 3 N–H and O–H groups in total. The molecular formula is C14H28N4O. The molecule has 110 valence electrons. The van der Waals surface area contributed by atoms with Crippen LogP contribution in [-0.2, 0) is 0 Å². The van der Waals surface area contributed by atoms with Crippen LogP contribution in [0.2, 0.25) is 0 Å². The van der Waals surface area contributed by atoms with Crippen molar-refractivity contribution in [3.8, 4) is 0 Å². The zero-order chi connectivity index (χ0) is 13.9. The van der Waals surface area contributed by atoms with Crippen LogP contribution in [0.1, 0.15) is 33.1 Å². The summed E-state index contributed by atoms with van der Waals surface area (Å²) in [5, 5.41) is 11.9. The second-order valence-corrected chi connectivity index (χ2v) is 6.70. The van der Waals surface area contributed by atoms with Crippen LogP contribution in [0.5, 0.6) is 0 Å². The van der Waals surface area contributed by atoms with Gasteiger partial charge in [0.05, 0.1) is 0 Å². The fourth-order valence-corrected chi connectivity index (χ4v) is 2.56. The van der Waals surface area contributed by atoms with Crippen molar-refractivity contribution in [1.29, 1.82) is 0 Å². The van der Waals surface area contributed by atoms with Gasteiger partial charge in [-0.25, -0.2) is 0 Å². The second kappa shape index (κ2) is 6.09. The van der Waals surface area contributed by atoms with Crippen molar-refractivity contribution >= 4 is 5.84 Å². The number of oxime groups is 1. The maximum absolute atomic E-state index is 8.77. The highest BCUT2D eigenvalue weighted by atomic mass is 16.4. The molecule has 0 atom stereocenters. The zero-order valence-electron chi connectivity index (χ0n) is 12.3. The molecule has 5 nitrogen and oxygen atoms in total. The van der Waals surface area contributed by atoms with E-state index in [0.717, 1.165) is 32.0 Å². The summed E-state index contributed by atoms with van der Waals surface area (Å²) in [5.74, 6) is 1.32. The molecule has 1 aliphatic heterocycles. The number of piperazine rings is 1. The Balaban J connectivity index is 1.67. The summed E-state index contributed by atoms with van der Waals surface area (Å²) in [6.07, 6.45) is 3.81. The molecule has 1 aliphatic carbocycles. The van der Waals surface area contributed by atoms with Gasteiger partial charge >= 0.3 is 0 Å². The highest BCUT2D eigenvalue weighted by Crippen LogP contribution is 2.30. The first kappa shape index (κ1) is 14.6. The van der Waals surface area contributed by atoms with Crippen molar-refractivity contribution in [3.63, 3.8) is 0 Å². The molecule has 0 spiro atoms. The zero-order valence-corrected chi connectivity index (χ0v) is 12.3. The Labute approximate surface area is 116 Å². The van der Waals surface area contributed by atoms with Crippen molar-refractivity contribution in [1.82, 2.24) is 9.80 Å². The maximum atomic E-state index is 8.77. The lowest BCUT2D eigenvalue weighted by Crippen LogP contribution is -2.48. The molecule has 0 aromatic heterocycles. The molecule has 0 radical (unpaired) electrons. The average molecular weight is 268 g/mol. The van der Waals surface area contributed by atoms with Crippen LogP contribution in [0.4, 0.5) is 0 Å². The fraction of sp³-hybridized carbons (Fsp3) is 0.929. The van der Waals surface area contributed by atoms with Crippen LogP contribution >= 0.6 is 0 Å². The topological polar surface area (TPSA) is 65.1 Å². The Kier molecular flexibility index (Phi) is 4.68. The molecule has 0 aromatic rings. The van der Waals surface area contributed by atoms with Gasteiger partial charge in [-0.05, 0) is 31.7 Å². The second-order valence-electron chi connectivity index (χ2n) is 6.70. The molecule has 1 heterocycles. The largest absolute Gasteiger partial charge is 0.409 e. The highest BCUT2D eigenvalue weighted by molar-refractivity contribution is 5.85. The maximum Gasteiger partial charge on any atom is 0.144 e. The predicted molar refractivity (Wildman–Crippen MR) is 77.4 cm³/mol. The molecule has 1 saturated heterocycles. The lowest BCUT2D eigenvalue weighted by atomic mass is 9.88. The molecule has 0 bridgehead atoms. The quantitative estimate of drug-likeness (QED) is 0.328. The van der Waals surface area contributed by atoms with E-state index in [1.807, 2.05) is 13.8 Å². The first-order chi connectivity index (χ1) is 9.01. The summed E-state index contributed by atoms with van der Waals surface area (Å²) >= 11 is 0. The third-order valence-electron chi connectivity index (χ3n) is 4.53. The van der Waals surface area contributed by atoms with Crippen molar-refractivity contribution in [2.75, 3.05) is 39.3 Å². The normalized spacial score (nSPS) is 23.8. The standard InChI is InChI=1S/C14H28N4O/c1-14(2,13(15)16-19)5-6-17-7-9-18(10-8-17)11-12-3-4-12/h12,19H,3-11H2,1-2H3,(H2,15,16). The molecule has 1 saturated carbocycles. The third kappa shape index (κ3) is 4.35. The lowest BCUT2D eigenvalue weighted by molar-refractivity contribution is 0.121. The summed E-state index contributed by atoms with van der Waals surface area (Å²) in [4.78, 5) is 5.10. The Bertz CT molecular complexity index is 317. The van der Waals surface area contributed by atoms with Gasteiger partial charge in [-0.3, -0.25) is 0 Å². The van der Waals surface area contributed by atoms with Crippen LogP contribution in [0.15, 0.2) is 5.16 Å². The van der Waals surface area contributed by atoms with Gasteiger partial charge in [-0.1, -0.05) is 19.0 Å². The summed E-state index contributed by atoms with van der Waals surface area (Å²) in [5.41, 5.74) is 5.50. The van der Waals surface area contributed by atoms with E-state index in [0.29, 0.717) is 5.84 Å². The van der Waals surface area contributed by atoms with Crippen molar-refractivity contribution in [3.05, 3.63) is 0 Å². The summed E-state index contributed by atoms with van der Waals surface area (Å²) in [6, 6.07) is 0.